The van der Waals surface area contributed by atoms with Crippen LogP contribution in [0.1, 0.15) is 52.0 Å². The van der Waals surface area contributed by atoms with E-state index in [-0.39, 0.29) is 23.6 Å². The lowest BCUT2D eigenvalue weighted by atomic mass is 9.96. The monoisotopic (exact) mass is 525 g/mol. The highest BCUT2D eigenvalue weighted by molar-refractivity contribution is 7.80. The van der Waals surface area contributed by atoms with Gasteiger partial charge in [0.2, 0.25) is 5.91 Å². The summed E-state index contributed by atoms with van der Waals surface area (Å²) in [6.45, 7) is 5.44. The van der Waals surface area contributed by atoms with Gasteiger partial charge in [-0.05, 0) is 86.2 Å². The molecule has 1 aliphatic heterocycles. The summed E-state index contributed by atoms with van der Waals surface area (Å²) >= 11 is 5.84. The number of para-hydroxylation sites is 1. The standard InChI is InChI=1S/C29H27N5O3S/c1-17-16-23(18(2)33(17)25-10-5-4-8-22(25)28(36)37)27-26(24-9-6-7-15-30-24)32-29(38)34(27)21-13-11-20(12-14-21)31-19(3)35/h4-16,26-27H,1-3H3,(H,31,35)(H,32,38)(H,36,37)/t26-,27-/m0/s1. The van der Waals surface area contributed by atoms with Crippen LogP contribution in [0.25, 0.3) is 5.69 Å². The van der Waals surface area contributed by atoms with Gasteiger partial charge in [0.25, 0.3) is 0 Å². The maximum absolute atomic E-state index is 12.0. The smallest absolute Gasteiger partial charge is 0.337 e. The number of amides is 1. The van der Waals surface area contributed by atoms with E-state index in [1.54, 1.807) is 18.3 Å². The maximum atomic E-state index is 12.0. The lowest BCUT2D eigenvalue weighted by molar-refractivity contribution is -0.114. The van der Waals surface area contributed by atoms with Crippen LogP contribution in [-0.4, -0.2) is 31.6 Å². The third kappa shape index (κ3) is 4.52. The molecule has 1 saturated heterocycles. The number of aryl methyl sites for hydroxylation is 1. The van der Waals surface area contributed by atoms with E-state index in [1.807, 2.05) is 73.0 Å². The summed E-state index contributed by atoms with van der Waals surface area (Å²) in [6, 6.07) is 21.9. The largest absolute Gasteiger partial charge is 0.478 e. The number of hydrogen-bond acceptors (Lipinski definition) is 4. The molecule has 192 valence electrons. The van der Waals surface area contributed by atoms with E-state index < -0.39 is 5.97 Å². The first-order chi connectivity index (χ1) is 18.3. The predicted molar refractivity (Wildman–Crippen MR) is 151 cm³/mol. The second-order valence-corrected chi connectivity index (χ2v) is 9.60. The zero-order chi connectivity index (χ0) is 27.0. The van der Waals surface area contributed by atoms with Gasteiger partial charge in [-0.25, -0.2) is 4.79 Å². The summed E-state index contributed by atoms with van der Waals surface area (Å²) in [6.07, 6.45) is 1.76. The number of aromatic carboxylic acids is 1. The van der Waals surface area contributed by atoms with Crippen molar-refractivity contribution in [1.29, 1.82) is 0 Å². The highest BCUT2D eigenvalue weighted by Gasteiger charge is 2.42. The molecule has 0 saturated carbocycles. The molecule has 5 rings (SSSR count). The van der Waals surface area contributed by atoms with Crippen LogP contribution in [0.4, 0.5) is 11.4 Å². The van der Waals surface area contributed by atoms with E-state index in [4.69, 9.17) is 12.2 Å². The number of nitrogens with one attached hydrogen (secondary N) is 2. The summed E-state index contributed by atoms with van der Waals surface area (Å²) < 4.78 is 1.98. The van der Waals surface area contributed by atoms with Gasteiger partial charge in [-0.3, -0.25) is 9.78 Å². The number of rotatable bonds is 6. The number of hydrogen-bond donors (Lipinski definition) is 3. The van der Waals surface area contributed by atoms with Crippen molar-refractivity contribution >= 4 is 40.6 Å². The van der Waals surface area contributed by atoms with Crippen LogP contribution in [0, 0.1) is 13.8 Å². The Hall–Kier alpha value is -4.50. The zero-order valence-electron chi connectivity index (χ0n) is 21.2. The highest BCUT2D eigenvalue weighted by Crippen LogP contribution is 2.44. The van der Waals surface area contributed by atoms with Crippen LogP contribution in [-0.2, 0) is 4.79 Å². The van der Waals surface area contributed by atoms with E-state index in [0.717, 1.165) is 28.3 Å². The summed E-state index contributed by atoms with van der Waals surface area (Å²) in [7, 11) is 0. The molecule has 2 aromatic heterocycles. The van der Waals surface area contributed by atoms with Crippen LogP contribution in [0.15, 0.2) is 79.0 Å². The maximum Gasteiger partial charge on any atom is 0.337 e. The Balaban J connectivity index is 1.66. The molecule has 2 aromatic carbocycles. The van der Waals surface area contributed by atoms with Gasteiger partial charge < -0.3 is 25.2 Å². The summed E-state index contributed by atoms with van der Waals surface area (Å²) in [5.41, 5.74) is 6.04. The molecule has 9 heteroatoms. The summed E-state index contributed by atoms with van der Waals surface area (Å²) in [5.74, 6) is -1.12. The Kier molecular flexibility index (Phi) is 6.69. The molecule has 1 fully saturated rings. The molecule has 38 heavy (non-hydrogen) atoms. The fourth-order valence-electron chi connectivity index (χ4n) is 5.16. The summed E-state index contributed by atoms with van der Waals surface area (Å²) in [4.78, 5) is 30.2. The van der Waals surface area contributed by atoms with Crippen molar-refractivity contribution in [2.45, 2.75) is 32.9 Å². The number of anilines is 2. The number of pyridine rings is 1. The molecule has 8 nitrogen and oxygen atoms in total. The number of carboxylic acid groups (broad SMARTS) is 1. The Morgan fingerprint density at radius 2 is 1.74 bits per heavy atom. The number of benzene rings is 2. The van der Waals surface area contributed by atoms with Crippen LogP contribution < -0.4 is 15.5 Å². The fourth-order valence-corrected chi connectivity index (χ4v) is 5.51. The van der Waals surface area contributed by atoms with Crippen molar-refractivity contribution in [1.82, 2.24) is 14.9 Å². The van der Waals surface area contributed by atoms with Gasteiger partial charge in [0.15, 0.2) is 5.11 Å². The molecule has 1 amide bonds. The minimum atomic E-state index is -0.981. The van der Waals surface area contributed by atoms with Gasteiger partial charge in [-0.1, -0.05) is 18.2 Å². The minimum absolute atomic E-state index is 0.140. The first kappa shape index (κ1) is 25.2. The van der Waals surface area contributed by atoms with E-state index in [2.05, 4.69) is 26.6 Å². The number of thiocarbonyl (C=S) groups is 1. The Bertz CT molecular complexity index is 1530. The molecule has 0 spiro atoms. The highest BCUT2D eigenvalue weighted by atomic mass is 32.1. The van der Waals surface area contributed by atoms with E-state index in [1.165, 1.54) is 6.92 Å². The third-order valence-electron chi connectivity index (χ3n) is 6.73. The van der Waals surface area contributed by atoms with Gasteiger partial charge in [-0.2, -0.15) is 0 Å². The molecule has 0 bridgehead atoms. The second-order valence-electron chi connectivity index (χ2n) is 9.21. The van der Waals surface area contributed by atoms with Gasteiger partial charge in [-0.15, -0.1) is 0 Å². The Labute approximate surface area is 225 Å². The molecule has 0 unspecified atom stereocenters. The topological polar surface area (TPSA) is 99.5 Å². The summed E-state index contributed by atoms with van der Waals surface area (Å²) in [5, 5.41) is 16.6. The number of aromatic nitrogens is 2. The first-order valence-corrected chi connectivity index (χ1v) is 12.6. The minimum Gasteiger partial charge on any atom is -0.478 e. The van der Waals surface area contributed by atoms with Crippen molar-refractivity contribution < 1.29 is 14.7 Å². The van der Waals surface area contributed by atoms with Crippen molar-refractivity contribution in [2.75, 3.05) is 10.2 Å². The molecule has 2 atom stereocenters. The lowest BCUT2D eigenvalue weighted by Crippen LogP contribution is -2.29. The van der Waals surface area contributed by atoms with Crippen molar-refractivity contribution in [3.05, 3.63) is 107 Å². The molecule has 0 radical (unpaired) electrons. The number of nitrogens with zero attached hydrogens (tertiary/aromatic N) is 3. The van der Waals surface area contributed by atoms with Gasteiger partial charge in [0, 0.05) is 35.9 Å². The SMILES string of the molecule is CC(=O)Nc1ccc(N2C(=S)N[C@@H](c3ccccn3)[C@@H]2c2cc(C)n(-c3ccccc3C(=O)O)c2C)cc1. The molecule has 4 aromatic rings. The van der Waals surface area contributed by atoms with Crippen LogP contribution in [0.2, 0.25) is 0 Å². The Morgan fingerprint density at radius 3 is 2.39 bits per heavy atom. The van der Waals surface area contributed by atoms with Crippen LogP contribution >= 0.6 is 12.2 Å². The van der Waals surface area contributed by atoms with Crippen LogP contribution in [0.5, 0.6) is 0 Å². The molecule has 3 N–H and O–H groups in total. The Morgan fingerprint density at radius 1 is 1.03 bits per heavy atom. The van der Waals surface area contributed by atoms with E-state index in [9.17, 15) is 14.7 Å². The number of carbonyl (C=O) groups is 2. The third-order valence-corrected chi connectivity index (χ3v) is 7.04. The molecule has 0 aliphatic carbocycles. The molecular formula is C29H27N5O3S. The first-order valence-electron chi connectivity index (χ1n) is 12.2. The molecule has 1 aliphatic rings. The zero-order valence-corrected chi connectivity index (χ0v) is 22.0. The van der Waals surface area contributed by atoms with Gasteiger partial charge in [0.1, 0.15) is 0 Å². The van der Waals surface area contributed by atoms with Gasteiger partial charge in [0.05, 0.1) is 29.0 Å². The normalized spacial score (nSPS) is 16.8. The number of carbonyl (C=O) groups excluding carboxylic acids is 1. The number of carboxylic acids is 1. The quantitative estimate of drug-likeness (QED) is 0.293. The lowest BCUT2D eigenvalue weighted by Gasteiger charge is -2.28. The van der Waals surface area contributed by atoms with Crippen molar-refractivity contribution in [3.8, 4) is 5.69 Å². The molecular weight excluding hydrogens is 498 g/mol. The van der Waals surface area contributed by atoms with Gasteiger partial charge >= 0.3 is 5.97 Å². The average molecular weight is 526 g/mol. The van der Waals surface area contributed by atoms with Crippen molar-refractivity contribution in [2.24, 2.45) is 0 Å². The second kappa shape index (κ2) is 10.1. The predicted octanol–water partition coefficient (Wildman–Crippen LogP) is 5.32. The van der Waals surface area contributed by atoms with Crippen LogP contribution in [0.3, 0.4) is 0 Å². The fraction of sp³-hybridized carbons (Fsp3) is 0.172. The van der Waals surface area contributed by atoms with E-state index >= 15 is 0 Å². The average Bonchev–Trinajstić information content (AvgIpc) is 3.39. The van der Waals surface area contributed by atoms with Crippen molar-refractivity contribution in [3.63, 3.8) is 0 Å². The molecule has 3 heterocycles. The van der Waals surface area contributed by atoms with E-state index in [0.29, 0.717) is 16.5 Å².